The lowest BCUT2D eigenvalue weighted by Gasteiger charge is -2.17. The quantitative estimate of drug-likeness (QED) is 0.671. The highest BCUT2D eigenvalue weighted by atomic mass is 16.5. The van der Waals surface area contributed by atoms with E-state index in [9.17, 15) is 4.79 Å². The summed E-state index contributed by atoms with van der Waals surface area (Å²) in [5.74, 6) is 0.856. The number of aliphatic hydroxyl groups is 1. The molecule has 3 N–H and O–H groups in total. The largest absolute Gasteiger partial charge is 0.400 e. The van der Waals surface area contributed by atoms with E-state index < -0.39 is 0 Å². The molecule has 0 fully saturated rings. The summed E-state index contributed by atoms with van der Waals surface area (Å²) >= 11 is 0. The smallest absolute Gasteiger partial charge is 0.314 e. The number of methoxy groups -OCH3 is 1. The van der Waals surface area contributed by atoms with E-state index in [0.717, 1.165) is 26.2 Å². The highest BCUT2D eigenvalue weighted by molar-refractivity contribution is 5.72. The van der Waals surface area contributed by atoms with Gasteiger partial charge in [0.15, 0.2) is 0 Å². The zero-order chi connectivity index (χ0) is 18.4. The molecule has 6 heteroatoms. The number of carbonyl (C=O) groups is 1. The Balaban J connectivity index is -0.000000136. The van der Waals surface area contributed by atoms with Gasteiger partial charge < -0.3 is 25.4 Å². The van der Waals surface area contributed by atoms with Gasteiger partial charge in [-0.05, 0) is 25.9 Å². The molecule has 0 aliphatic rings. The van der Waals surface area contributed by atoms with E-state index >= 15 is 0 Å². The molecule has 2 amide bonds. The van der Waals surface area contributed by atoms with Gasteiger partial charge in [-0.3, -0.25) is 0 Å². The van der Waals surface area contributed by atoms with Crippen LogP contribution < -0.4 is 10.6 Å². The molecule has 0 bridgehead atoms. The summed E-state index contributed by atoms with van der Waals surface area (Å²) in [7, 11) is 8.04. The third-order valence-corrected chi connectivity index (χ3v) is 2.83. The molecule has 0 aromatic carbocycles. The van der Waals surface area contributed by atoms with Crippen molar-refractivity contribution in [1.82, 2.24) is 15.5 Å². The molecule has 0 saturated carbocycles. The number of urea groups is 1. The lowest BCUT2D eigenvalue weighted by Crippen LogP contribution is -2.28. The van der Waals surface area contributed by atoms with Crippen molar-refractivity contribution in [2.24, 2.45) is 5.92 Å². The van der Waals surface area contributed by atoms with Gasteiger partial charge in [0, 0.05) is 34.9 Å². The number of aliphatic hydroxyl groups excluding tert-OH is 1. The van der Waals surface area contributed by atoms with Gasteiger partial charge in [-0.25, -0.2) is 4.79 Å². The fourth-order valence-electron chi connectivity index (χ4n) is 1.13. The van der Waals surface area contributed by atoms with E-state index in [1.54, 1.807) is 21.2 Å². The lowest BCUT2D eigenvalue weighted by atomic mass is 10.1. The van der Waals surface area contributed by atoms with E-state index in [0.29, 0.717) is 0 Å². The average Bonchev–Trinajstić information content (AvgIpc) is 2.60. The van der Waals surface area contributed by atoms with Crippen molar-refractivity contribution < 1.29 is 14.6 Å². The second kappa shape index (κ2) is 28.3. The molecule has 0 aromatic heterocycles. The number of hydrogen-bond acceptors (Lipinski definition) is 4. The summed E-state index contributed by atoms with van der Waals surface area (Å²) in [6.07, 6.45) is 2.59. The fourth-order valence-corrected chi connectivity index (χ4v) is 1.13. The van der Waals surface area contributed by atoms with Crippen molar-refractivity contribution >= 4 is 6.03 Å². The summed E-state index contributed by atoms with van der Waals surface area (Å²) < 4.78 is 5.00. The first-order valence-corrected chi connectivity index (χ1v) is 8.03. The van der Waals surface area contributed by atoms with E-state index in [-0.39, 0.29) is 6.03 Å². The molecule has 0 aliphatic heterocycles. The van der Waals surface area contributed by atoms with Crippen LogP contribution in [0.4, 0.5) is 4.79 Å². The van der Waals surface area contributed by atoms with Crippen molar-refractivity contribution in [2.75, 3.05) is 55.1 Å². The van der Waals surface area contributed by atoms with Crippen molar-refractivity contribution in [3.05, 3.63) is 0 Å². The summed E-state index contributed by atoms with van der Waals surface area (Å²) in [5.41, 5.74) is 0. The number of hydrogen-bond donors (Lipinski definition) is 3. The number of nitrogens with zero attached hydrogens (tertiary/aromatic N) is 1. The molecular formula is C16H41N3O3. The first kappa shape index (κ1) is 29.2. The van der Waals surface area contributed by atoms with Gasteiger partial charge in [0.25, 0.3) is 0 Å². The minimum atomic E-state index is -0.157. The van der Waals surface area contributed by atoms with Crippen LogP contribution in [0.3, 0.4) is 0 Å². The van der Waals surface area contributed by atoms with Crippen LogP contribution in [0.5, 0.6) is 0 Å². The Morgan fingerprint density at radius 2 is 1.64 bits per heavy atom. The minimum Gasteiger partial charge on any atom is -0.400 e. The monoisotopic (exact) mass is 323 g/mol. The number of nitrogens with one attached hydrogen (secondary N) is 2. The van der Waals surface area contributed by atoms with Crippen molar-refractivity contribution in [3.8, 4) is 0 Å². The molecule has 6 nitrogen and oxygen atoms in total. The van der Waals surface area contributed by atoms with Gasteiger partial charge in [0.2, 0.25) is 0 Å². The Kier molecular flexibility index (Phi) is 37.6. The summed E-state index contributed by atoms with van der Waals surface area (Å²) in [6.45, 7) is 11.6. The van der Waals surface area contributed by atoms with E-state index in [4.69, 9.17) is 9.84 Å². The van der Waals surface area contributed by atoms with Crippen LogP contribution in [0.2, 0.25) is 0 Å². The molecule has 1 unspecified atom stereocenters. The van der Waals surface area contributed by atoms with Crippen LogP contribution >= 0.6 is 0 Å². The molecule has 0 radical (unpaired) electrons. The van der Waals surface area contributed by atoms with Crippen LogP contribution in [-0.4, -0.2) is 71.1 Å². The molecule has 0 spiro atoms. The molecule has 1 atom stereocenters. The Hall–Kier alpha value is -0.850. The van der Waals surface area contributed by atoms with Crippen molar-refractivity contribution in [2.45, 2.75) is 40.5 Å². The Morgan fingerprint density at radius 3 is 1.91 bits per heavy atom. The number of ether oxygens (including phenoxy) is 1. The molecule has 22 heavy (non-hydrogen) atoms. The van der Waals surface area contributed by atoms with Gasteiger partial charge in [0.05, 0.1) is 6.61 Å². The van der Waals surface area contributed by atoms with Gasteiger partial charge in [-0.1, -0.05) is 34.1 Å². The lowest BCUT2D eigenvalue weighted by molar-refractivity contribution is 0.158. The van der Waals surface area contributed by atoms with Crippen LogP contribution in [0.15, 0.2) is 0 Å². The predicted molar refractivity (Wildman–Crippen MR) is 96.5 cm³/mol. The SMILES string of the molecule is CC.CCC(C)CCN(C)CCOC.CNC(=O)NC.CO. The maximum atomic E-state index is 9.96. The third-order valence-electron chi connectivity index (χ3n) is 2.83. The van der Waals surface area contributed by atoms with Crippen LogP contribution in [0.25, 0.3) is 0 Å². The Bertz CT molecular complexity index is 187. The molecule has 0 saturated heterocycles. The van der Waals surface area contributed by atoms with Gasteiger partial charge in [0.1, 0.15) is 0 Å². The Morgan fingerprint density at radius 1 is 1.18 bits per heavy atom. The molecule has 0 aromatic rings. The van der Waals surface area contributed by atoms with Crippen LogP contribution in [-0.2, 0) is 4.74 Å². The maximum absolute atomic E-state index is 9.96. The third kappa shape index (κ3) is 31.5. The molecular weight excluding hydrogens is 282 g/mol. The molecule has 0 aliphatic carbocycles. The van der Waals surface area contributed by atoms with Crippen LogP contribution in [0, 0.1) is 5.92 Å². The molecule has 0 heterocycles. The highest BCUT2D eigenvalue weighted by Gasteiger charge is 2.01. The van der Waals surface area contributed by atoms with E-state index in [1.807, 2.05) is 13.8 Å². The summed E-state index contributed by atoms with van der Waals surface area (Å²) in [5, 5.41) is 11.7. The predicted octanol–water partition coefficient (Wildman–Crippen LogP) is 2.18. The van der Waals surface area contributed by atoms with Gasteiger partial charge in [-0.15, -0.1) is 0 Å². The number of rotatable bonds is 7. The number of likely N-dealkylation sites (N-methyl/N-ethyl adjacent to an activating group) is 1. The standard InChI is InChI=1S/C10H23NO.C3H8N2O.C2H6.CH4O/c1-5-10(2)6-7-11(3)8-9-12-4;1-4-3(6)5-2;2*1-2/h10H,5-9H2,1-4H3;1-2H3,(H2,4,5,6);1-2H3;2H,1H3. The first-order valence-electron chi connectivity index (χ1n) is 8.03. The average molecular weight is 324 g/mol. The fraction of sp³-hybridized carbons (Fsp3) is 0.938. The second-order valence-electron chi connectivity index (χ2n) is 4.43. The second-order valence-corrected chi connectivity index (χ2v) is 4.43. The highest BCUT2D eigenvalue weighted by Crippen LogP contribution is 2.06. The van der Waals surface area contributed by atoms with Crippen LogP contribution in [0.1, 0.15) is 40.5 Å². The zero-order valence-corrected chi connectivity index (χ0v) is 16.3. The summed E-state index contributed by atoms with van der Waals surface area (Å²) in [4.78, 5) is 12.3. The first-order chi connectivity index (χ1) is 10.5. The van der Waals surface area contributed by atoms with Gasteiger partial charge >= 0.3 is 6.03 Å². The number of amides is 2. The van der Waals surface area contributed by atoms with Crippen molar-refractivity contribution in [1.29, 1.82) is 0 Å². The zero-order valence-electron chi connectivity index (χ0n) is 16.3. The molecule has 138 valence electrons. The topological polar surface area (TPSA) is 73.8 Å². The van der Waals surface area contributed by atoms with Crippen molar-refractivity contribution in [3.63, 3.8) is 0 Å². The summed E-state index contributed by atoms with van der Waals surface area (Å²) in [6, 6.07) is -0.157. The van der Waals surface area contributed by atoms with E-state index in [2.05, 4.69) is 36.4 Å². The maximum Gasteiger partial charge on any atom is 0.314 e. The number of carbonyl (C=O) groups excluding carboxylic acids is 1. The van der Waals surface area contributed by atoms with E-state index in [1.165, 1.54) is 19.4 Å². The minimum absolute atomic E-state index is 0.157. The molecule has 0 rings (SSSR count). The Labute approximate surface area is 138 Å². The normalized spacial score (nSPS) is 9.95. The van der Waals surface area contributed by atoms with Gasteiger partial charge in [-0.2, -0.15) is 0 Å².